The van der Waals surface area contributed by atoms with Gasteiger partial charge < -0.3 is 10.2 Å². The molecule has 200 valence electrons. The zero-order valence-corrected chi connectivity index (χ0v) is 20.8. The third-order valence-corrected chi connectivity index (χ3v) is 6.64. The highest BCUT2D eigenvalue weighted by Gasteiger charge is 2.39. The maximum absolute atomic E-state index is 13.5. The number of nitrogens with one attached hydrogen (secondary N) is 1. The minimum absolute atomic E-state index is 0.0560. The van der Waals surface area contributed by atoms with Gasteiger partial charge in [0.05, 0.1) is 11.3 Å². The molecule has 1 saturated heterocycles. The molecule has 7 nitrogen and oxygen atoms in total. The highest BCUT2D eigenvalue weighted by Crippen LogP contribution is 2.31. The Morgan fingerprint density at radius 3 is 2.21 bits per heavy atom. The fourth-order valence-corrected chi connectivity index (χ4v) is 4.55. The third kappa shape index (κ3) is 6.87. The van der Waals surface area contributed by atoms with E-state index in [1.807, 2.05) is 18.2 Å². The van der Waals surface area contributed by atoms with E-state index in [-0.39, 0.29) is 30.6 Å². The molecule has 1 fully saturated rings. The number of hydrogen-bond acceptors (Lipinski definition) is 4. The minimum atomic E-state index is -4.79. The number of aromatic nitrogens is 2. The molecule has 0 atom stereocenters. The molecule has 1 aliphatic rings. The van der Waals surface area contributed by atoms with Crippen LogP contribution in [0, 0.1) is 5.92 Å². The van der Waals surface area contributed by atoms with Gasteiger partial charge in [-0.1, -0.05) is 48.5 Å². The number of nitrogens with zero attached hydrogens (tertiary/aromatic N) is 3. The van der Waals surface area contributed by atoms with Gasteiger partial charge in [-0.15, -0.1) is 0 Å². The summed E-state index contributed by atoms with van der Waals surface area (Å²) in [7, 11) is 0. The van der Waals surface area contributed by atoms with Crippen molar-refractivity contribution in [3.05, 3.63) is 83.7 Å². The first-order valence-electron chi connectivity index (χ1n) is 12.6. The van der Waals surface area contributed by atoms with Crippen LogP contribution in [0.1, 0.15) is 58.5 Å². The number of carbonyl (C=O) groups excluding carboxylic acids is 3. The van der Waals surface area contributed by atoms with Crippen LogP contribution in [0.3, 0.4) is 0 Å². The van der Waals surface area contributed by atoms with Crippen LogP contribution in [-0.2, 0) is 11.0 Å². The van der Waals surface area contributed by atoms with E-state index in [2.05, 4.69) is 10.4 Å². The molecule has 38 heavy (non-hydrogen) atoms. The number of carbonyl (C=O) groups is 3. The van der Waals surface area contributed by atoms with Gasteiger partial charge in [-0.25, -0.2) is 4.68 Å². The van der Waals surface area contributed by atoms with Crippen molar-refractivity contribution in [2.75, 3.05) is 19.6 Å². The van der Waals surface area contributed by atoms with Crippen molar-refractivity contribution in [1.29, 1.82) is 0 Å². The lowest BCUT2D eigenvalue weighted by Crippen LogP contribution is -2.39. The molecule has 2 amide bonds. The van der Waals surface area contributed by atoms with E-state index in [0.717, 1.165) is 23.7 Å². The summed E-state index contributed by atoms with van der Waals surface area (Å²) < 4.78 is 41.5. The molecule has 10 heteroatoms. The van der Waals surface area contributed by atoms with Crippen LogP contribution < -0.4 is 5.32 Å². The summed E-state index contributed by atoms with van der Waals surface area (Å²) in [5.41, 5.74) is -0.734. The van der Waals surface area contributed by atoms with Crippen molar-refractivity contribution in [1.82, 2.24) is 20.0 Å². The second-order valence-electron chi connectivity index (χ2n) is 9.35. The van der Waals surface area contributed by atoms with Gasteiger partial charge in [0.2, 0.25) is 5.91 Å². The Labute approximate surface area is 218 Å². The van der Waals surface area contributed by atoms with E-state index < -0.39 is 23.3 Å². The first kappa shape index (κ1) is 27.1. The van der Waals surface area contributed by atoms with Gasteiger partial charge in [0.25, 0.3) is 5.91 Å². The Hall–Kier alpha value is -3.95. The molecular formula is C28H29F3N4O3. The van der Waals surface area contributed by atoms with Crippen LogP contribution in [0.2, 0.25) is 0 Å². The van der Waals surface area contributed by atoms with Crippen LogP contribution in [-0.4, -0.2) is 51.9 Å². The number of para-hydroxylation sites is 1. The first-order chi connectivity index (χ1) is 18.2. The van der Waals surface area contributed by atoms with Crippen molar-refractivity contribution in [3.63, 3.8) is 0 Å². The van der Waals surface area contributed by atoms with Crippen molar-refractivity contribution >= 4 is 17.6 Å². The van der Waals surface area contributed by atoms with Gasteiger partial charge in [-0.3, -0.25) is 14.4 Å². The number of likely N-dealkylation sites (tertiary alicyclic amines) is 1. The number of Topliss-reactive ketones (excluding diaryl/α,β-unsaturated/α-hetero) is 1. The first-order valence-corrected chi connectivity index (χ1v) is 12.6. The molecule has 0 spiro atoms. The lowest BCUT2D eigenvalue weighted by molar-refractivity contribution is -0.141. The van der Waals surface area contributed by atoms with Gasteiger partial charge in [-0.2, -0.15) is 18.3 Å². The Balaban J connectivity index is 1.22. The normalized spacial score (nSPS) is 14.3. The molecule has 2 heterocycles. The summed E-state index contributed by atoms with van der Waals surface area (Å²) >= 11 is 0. The van der Waals surface area contributed by atoms with Crippen LogP contribution >= 0.6 is 0 Å². The van der Waals surface area contributed by atoms with Crippen LogP contribution in [0.15, 0.2) is 66.9 Å². The van der Waals surface area contributed by atoms with Gasteiger partial charge in [0.15, 0.2) is 11.5 Å². The number of benzene rings is 2. The van der Waals surface area contributed by atoms with Gasteiger partial charge in [0, 0.05) is 44.2 Å². The van der Waals surface area contributed by atoms with Crippen molar-refractivity contribution < 1.29 is 27.6 Å². The second kappa shape index (κ2) is 12.1. The largest absolute Gasteiger partial charge is 0.435 e. The Morgan fingerprint density at radius 1 is 0.947 bits per heavy atom. The molecule has 2 aromatic carbocycles. The van der Waals surface area contributed by atoms with E-state index in [0.29, 0.717) is 37.2 Å². The van der Waals surface area contributed by atoms with Crippen molar-refractivity contribution in [2.45, 2.75) is 38.3 Å². The van der Waals surface area contributed by atoms with Gasteiger partial charge in [0.1, 0.15) is 0 Å². The van der Waals surface area contributed by atoms with E-state index >= 15 is 0 Å². The average molecular weight is 527 g/mol. The van der Waals surface area contributed by atoms with Crippen molar-refractivity contribution in [3.8, 4) is 5.69 Å². The third-order valence-electron chi connectivity index (χ3n) is 6.64. The minimum Gasteiger partial charge on any atom is -0.352 e. The molecule has 4 rings (SSSR count). The number of amides is 2. The van der Waals surface area contributed by atoms with E-state index in [1.165, 1.54) is 0 Å². The van der Waals surface area contributed by atoms with Gasteiger partial charge in [-0.05, 0) is 37.3 Å². The summed E-state index contributed by atoms with van der Waals surface area (Å²) in [5.74, 6) is -0.629. The van der Waals surface area contributed by atoms with E-state index in [9.17, 15) is 27.6 Å². The predicted molar refractivity (Wildman–Crippen MR) is 135 cm³/mol. The van der Waals surface area contributed by atoms with Crippen LogP contribution in [0.5, 0.6) is 0 Å². The summed E-state index contributed by atoms with van der Waals surface area (Å²) in [6.07, 6.45) is -1.32. The van der Waals surface area contributed by atoms with Crippen LogP contribution in [0.4, 0.5) is 13.2 Å². The molecule has 0 aliphatic carbocycles. The van der Waals surface area contributed by atoms with Gasteiger partial charge >= 0.3 is 6.18 Å². The number of hydrogen-bond donors (Lipinski definition) is 1. The molecule has 0 saturated carbocycles. The zero-order valence-electron chi connectivity index (χ0n) is 20.8. The summed E-state index contributed by atoms with van der Waals surface area (Å²) in [4.78, 5) is 39.3. The number of rotatable bonds is 9. The number of ketones is 1. The van der Waals surface area contributed by atoms with Crippen LogP contribution in [0.25, 0.3) is 5.69 Å². The highest BCUT2D eigenvalue weighted by atomic mass is 19.4. The Kier molecular flexibility index (Phi) is 8.60. The molecule has 1 aromatic heterocycles. The highest BCUT2D eigenvalue weighted by molar-refractivity contribution is 5.96. The lowest BCUT2D eigenvalue weighted by Gasteiger charge is -2.32. The smallest absolute Gasteiger partial charge is 0.352 e. The average Bonchev–Trinajstić information content (AvgIpc) is 3.39. The molecule has 1 aliphatic heterocycles. The SMILES string of the molecule is O=C(CC1CCN(C(=O)CCCNC(=O)c2cn(-c3ccccc3)nc2C(F)(F)F)CC1)c1ccccc1. The molecular weight excluding hydrogens is 497 g/mol. The quantitative estimate of drug-likeness (QED) is 0.317. The number of halogens is 3. The topological polar surface area (TPSA) is 84.3 Å². The molecule has 0 unspecified atom stereocenters. The fourth-order valence-electron chi connectivity index (χ4n) is 4.55. The Bertz CT molecular complexity index is 1250. The van der Waals surface area contributed by atoms with E-state index in [1.54, 1.807) is 47.4 Å². The molecule has 0 bridgehead atoms. The summed E-state index contributed by atoms with van der Waals surface area (Å²) in [5, 5.41) is 6.06. The monoisotopic (exact) mass is 526 g/mol. The maximum atomic E-state index is 13.5. The molecule has 3 aromatic rings. The standard InChI is InChI=1S/C28H29F3N4O3/c29-28(30,31)26-23(19-35(33-26)22-10-5-2-6-11-22)27(38)32-15-7-12-25(37)34-16-13-20(14-17-34)18-24(36)21-8-3-1-4-9-21/h1-6,8-11,19-20H,7,12-18H2,(H,32,38). The molecule has 1 N–H and O–H groups in total. The summed E-state index contributed by atoms with van der Waals surface area (Å²) in [6.45, 7) is 1.18. The predicted octanol–water partition coefficient (Wildman–Crippen LogP) is 4.91. The Morgan fingerprint density at radius 2 is 1.58 bits per heavy atom. The fraction of sp³-hybridized carbons (Fsp3) is 0.357. The lowest BCUT2D eigenvalue weighted by atomic mass is 9.89. The van der Waals surface area contributed by atoms with E-state index in [4.69, 9.17) is 0 Å². The maximum Gasteiger partial charge on any atom is 0.435 e. The summed E-state index contributed by atoms with van der Waals surface area (Å²) in [6, 6.07) is 17.4. The zero-order chi connectivity index (χ0) is 27.1. The second-order valence-corrected chi connectivity index (χ2v) is 9.35. The van der Waals surface area contributed by atoms with Crippen molar-refractivity contribution in [2.24, 2.45) is 5.92 Å². The number of alkyl halides is 3. The molecule has 0 radical (unpaired) electrons. The number of piperidine rings is 1.